The summed E-state index contributed by atoms with van der Waals surface area (Å²) in [6.07, 6.45) is 0. The lowest BCUT2D eigenvalue weighted by Crippen LogP contribution is -2.38. The third kappa shape index (κ3) is 7.54. The van der Waals surface area contributed by atoms with Crippen LogP contribution in [0.4, 0.5) is 17.1 Å². The van der Waals surface area contributed by atoms with E-state index in [-0.39, 0.29) is 16.2 Å². The zero-order valence-corrected chi connectivity index (χ0v) is 24.9. The van der Waals surface area contributed by atoms with Crippen molar-refractivity contribution >= 4 is 50.5 Å². The summed E-state index contributed by atoms with van der Waals surface area (Å²) in [4.78, 5) is 26.0. The lowest BCUT2D eigenvalue weighted by atomic mass is 9.87. The van der Waals surface area contributed by atoms with Crippen LogP contribution >= 0.6 is 11.6 Å². The minimum atomic E-state index is -4.09. The van der Waals surface area contributed by atoms with Crippen molar-refractivity contribution in [2.24, 2.45) is 0 Å². The molecule has 0 bridgehead atoms. The fourth-order valence-corrected chi connectivity index (χ4v) is 5.70. The Kier molecular flexibility index (Phi) is 8.85. The number of rotatable bonds is 8. The van der Waals surface area contributed by atoms with Gasteiger partial charge in [-0.2, -0.15) is 0 Å². The molecule has 0 unspecified atom stereocenters. The van der Waals surface area contributed by atoms with Crippen molar-refractivity contribution < 1.29 is 18.0 Å². The molecule has 0 spiro atoms. The first-order valence-electron chi connectivity index (χ1n) is 13.0. The predicted molar refractivity (Wildman–Crippen MR) is 165 cm³/mol. The van der Waals surface area contributed by atoms with Gasteiger partial charge in [-0.15, -0.1) is 0 Å². The predicted octanol–water partition coefficient (Wildman–Crippen LogP) is 7.03. The van der Waals surface area contributed by atoms with Crippen LogP contribution in [-0.4, -0.2) is 26.8 Å². The Balaban J connectivity index is 1.51. The lowest BCUT2D eigenvalue weighted by Gasteiger charge is -2.24. The monoisotopic (exact) mass is 589 g/mol. The molecule has 0 atom stereocenters. The second kappa shape index (κ2) is 12.2. The van der Waals surface area contributed by atoms with Crippen molar-refractivity contribution in [1.29, 1.82) is 0 Å². The van der Waals surface area contributed by atoms with Crippen LogP contribution < -0.4 is 14.9 Å². The number of carbonyl (C=O) groups is 2. The number of amides is 2. The molecule has 212 valence electrons. The lowest BCUT2D eigenvalue weighted by molar-refractivity contribution is -0.114. The quantitative estimate of drug-likeness (QED) is 0.231. The summed E-state index contributed by atoms with van der Waals surface area (Å²) in [7, 11) is -4.09. The van der Waals surface area contributed by atoms with E-state index in [9.17, 15) is 18.0 Å². The van der Waals surface area contributed by atoms with Crippen LogP contribution in [-0.2, 0) is 20.2 Å². The molecule has 0 aromatic heterocycles. The number of halogens is 1. The van der Waals surface area contributed by atoms with Gasteiger partial charge in [0.2, 0.25) is 5.91 Å². The molecule has 0 saturated carbocycles. The summed E-state index contributed by atoms with van der Waals surface area (Å²) < 4.78 is 28.2. The van der Waals surface area contributed by atoms with Gasteiger partial charge in [-0.25, -0.2) is 8.42 Å². The van der Waals surface area contributed by atoms with Crippen molar-refractivity contribution in [2.75, 3.05) is 21.5 Å². The fraction of sp³-hybridized carbons (Fsp3) is 0.188. The molecule has 0 aliphatic carbocycles. The normalized spacial score (nSPS) is 11.5. The standard InChI is InChI=1S/C32H32ClN3O4S/c1-22-7-5-10-28(19-22)36(41(39,40)29-17-15-25(33)16-18-29)21-30(37)34-26-8-6-9-27(20-26)35-31(38)23-11-13-24(14-12-23)32(2,3)4/h5-20H,21H2,1-4H3,(H,34,37)(H,35,38). The van der Waals surface area contributed by atoms with Crippen LogP contribution in [0.25, 0.3) is 0 Å². The minimum absolute atomic E-state index is 0.0106. The van der Waals surface area contributed by atoms with E-state index in [1.54, 1.807) is 54.6 Å². The average molecular weight is 590 g/mol. The van der Waals surface area contributed by atoms with Crippen LogP contribution in [0, 0.1) is 6.92 Å². The molecule has 0 fully saturated rings. The van der Waals surface area contributed by atoms with E-state index in [0.29, 0.717) is 27.6 Å². The Morgan fingerprint density at radius 3 is 2.02 bits per heavy atom. The molecular weight excluding hydrogens is 558 g/mol. The number of nitrogens with one attached hydrogen (secondary N) is 2. The Morgan fingerprint density at radius 2 is 1.41 bits per heavy atom. The second-order valence-electron chi connectivity index (χ2n) is 10.7. The maximum Gasteiger partial charge on any atom is 0.264 e. The molecule has 4 aromatic rings. The van der Waals surface area contributed by atoms with Gasteiger partial charge in [0.05, 0.1) is 10.6 Å². The molecule has 4 rings (SSSR count). The number of anilines is 3. The van der Waals surface area contributed by atoms with Gasteiger partial charge in [0.15, 0.2) is 0 Å². The van der Waals surface area contributed by atoms with Gasteiger partial charge in [-0.05, 0) is 90.2 Å². The molecule has 2 N–H and O–H groups in total. The molecule has 4 aromatic carbocycles. The number of hydrogen-bond acceptors (Lipinski definition) is 4. The van der Waals surface area contributed by atoms with Gasteiger partial charge in [0.25, 0.3) is 15.9 Å². The number of nitrogens with zero attached hydrogens (tertiary/aromatic N) is 1. The molecule has 0 aliphatic heterocycles. The van der Waals surface area contributed by atoms with Crippen LogP contribution in [0.15, 0.2) is 102 Å². The Labute approximate surface area is 246 Å². The van der Waals surface area contributed by atoms with Gasteiger partial charge in [-0.3, -0.25) is 13.9 Å². The summed E-state index contributed by atoms with van der Waals surface area (Å²) in [6.45, 7) is 7.69. The topological polar surface area (TPSA) is 95.6 Å². The number of carbonyl (C=O) groups excluding carboxylic acids is 2. The zero-order chi connectivity index (χ0) is 29.8. The molecule has 0 heterocycles. The van der Waals surface area contributed by atoms with E-state index >= 15 is 0 Å². The summed E-state index contributed by atoms with van der Waals surface area (Å²) in [6, 6.07) is 26.8. The van der Waals surface area contributed by atoms with E-state index < -0.39 is 22.5 Å². The molecule has 41 heavy (non-hydrogen) atoms. The highest BCUT2D eigenvalue weighted by molar-refractivity contribution is 7.92. The summed E-state index contributed by atoms with van der Waals surface area (Å²) >= 11 is 5.96. The Bertz CT molecular complexity index is 1660. The smallest absolute Gasteiger partial charge is 0.264 e. The van der Waals surface area contributed by atoms with Crippen LogP contribution in [0.5, 0.6) is 0 Å². The molecule has 7 nitrogen and oxygen atoms in total. The fourth-order valence-electron chi connectivity index (χ4n) is 4.16. The molecular formula is C32H32ClN3O4S. The van der Waals surface area contributed by atoms with E-state index in [1.165, 1.54) is 24.3 Å². The van der Waals surface area contributed by atoms with Crippen molar-refractivity contribution in [2.45, 2.75) is 38.0 Å². The van der Waals surface area contributed by atoms with Crippen molar-refractivity contribution in [3.63, 3.8) is 0 Å². The zero-order valence-electron chi connectivity index (χ0n) is 23.3. The Morgan fingerprint density at radius 1 is 0.805 bits per heavy atom. The van der Waals surface area contributed by atoms with Crippen molar-refractivity contribution in [3.8, 4) is 0 Å². The van der Waals surface area contributed by atoms with E-state index in [0.717, 1.165) is 15.4 Å². The van der Waals surface area contributed by atoms with E-state index in [4.69, 9.17) is 11.6 Å². The van der Waals surface area contributed by atoms with Crippen LogP contribution in [0.1, 0.15) is 42.3 Å². The summed E-state index contributed by atoms with van der Waals surface area (Å²) in [5.74, 6) is -0.834. The average Bonchev–Trinajstić information content (AvgIpc) is 2.91. The van der Waals surface area contributed by atoms with Crippen LogP contribution in [0.2, 0.25) is 5.02 Å². The van der Waals surface area contributed by atoms with Crippen molar-refractivity contribution in [1.82, 2.24) is 0 Å². The van der Waals surface area contributed by atoms with Gasteiger partial charge in [-0.1, -0.05) is 62.7 Å². The second-order valence-corrected chi connectivity index (χ2v) is 13.0. The third-order valence-electron chi connectivity index (χ3n) is 6.40. The molecule has 0 aliphatic rings. The first kappa shape index (κ1) is 29.8. The van der Waals surface area contributed by atoms with Gasteiger partial charge >= 0.3 is 0 Å². The summed E-state index contributed by atoms with van der Waals surface area (Å²) in [5.41, 5.74) is 3.69. The van der Waals surface area contributed by atoms with E-state index in [2.05, 4.69) is 31.4 Å². The molecule has 9 heteroatoms. The highest BCUT2D eigenvalue weighted by atomic mass is 35.5. The Hall–Kier alpha value is -4.14. The molecule has 0 radical (unpaired) electrons. The number of hydrogen-bond donors (Lipinski definition) is 2. The highest BCUT2D eigenvalue weighted by Crippen LogP contribution is 2.26. The van der Waals surface area contributed by atoms with Gasteiger partial charge < -0.3 is 10.6 Å². The van der Waals surface area contributed by atoms with Crippen LogP contribution in [0.3, 0.4) is 0 Å². The largest absolute Gasteiger partial charge is 0.324 e. The first-order chi connectivity index (χ1) is 19.3. The number of aryl methyl sites for hydroxylation is 1. The number of sulfonamides is 1. The minimum Gasteiger partial charge on any atom is -0.324 e. The first-order valence-corrected chi connectivity index (χ1v) is 14.8. The van der Waals surface area contributed by atoms with Crippen molar-refractivity contribution in [3.05, 3.63) is 119 Å². The highest BCUT2D eigenvalue weighted by Gasteiger charge is 2.27. The third-order valence-corrected chi connectivity index (χ3v) is 8.44. The van der Waals surface area contributed by atoms with Gasteiger partial charge in [0, 0.05) is 22.0 Å². The molecule has 0 saturated heterocycles. The maximum atomic E-state index is 13.6. The maximum absolute atomic E-state index is 13.6. The molecule has 2 amide bonds. The number of benzene rings is 4. The summed E-state index contributed by atoms with van der Waals surface area (Å²) in [5, 5.41) is 6.00. The van der Waals surface area contributed by atoms with E-state index in [1.807, 2.05) is 25.1 Å². The SMILES string of the molecule is Cc1cccc(N(CC(=O)Nc2cccc(NC(=O)c3ccc(C(C)(C)C)cc3)c2)S(=O)(=O)c2ccc(Cl)cc2)c1. The van der Waals surface area contributed by atoms with Gasteiger partial charge in [0.1, 0.15) is 6.54 Å².